The van der Waals surface area contributed by atoms with Crippen LogP contribution in [0.4, 0.5) is 5.69 Å². The number of rotatable bonds is 7. The Morgan fingerprint density at radius 3 is 2.38 bits per heavy atom. The molecule has 0 aliphatic heterocycles. The normalized spacial score (nSPS) is 11.6. The van der Waals surface area contributed by atoms with Gasteiger partial charge < -0.3 is 5.32 Å². The molecule has 170 valence electrons. The minimum atomic E-state index is -4.08. The summed E-state index contributed by atoms with van der Waals surface area (Å²) in [6.45, 7) is 6.12. The summed E-state index contributed by atoms with van der Waals surface area (Å²) in [5, 5.41) is 2.78. The van der Waals surface area contributed by atoms with Gasteiger partial charge in [-0.15, -0.1) is 0 Å². The van der Waals surface area contributed by atoms with E-state index in [9.17, 15) is 18.0 Å². The summed E-state index contributed by atoms with van der Waals surface area (Å²) in [6, 6.07) is 14.8. The van der Waals surface area contributed by atoms with Gasteiger partial charge >= 0.3 is 0 Å². The fourth-order valence-corrected chi connectivity index (χ4v) is 4.68. The number of carbonyl (C=O) groups excluding carboxylic acids is 1. The van der Waals surface area contributed by atoms with Gasteiger partial charge in [0.25, 0.3) is 21.5 Å². The van der Waals surface area contributed by atoms with E-state index in [1.807, 2.05) is 19.9 Å². The van der Waals surface area contributed by atoms with E-state index in [0.717, 1.165) is 4.31 Å². The Labute approximate surface area is 188 Å². The van der Waals surface area contributed by atoms with Crippen molar-refractivity contribution in [1.82, 2.24) is 14.7 Å². The van der Waals surface area contributed by atoms with Gasteiger partial charge in [0, 0.05) is 26.2 Å². The summed E-state index contributed by atoms with van der Waals surface area (Å²) < 4.78 is 30.8. The van der Waals surface area contributed by atoms with Gasteiger partial charge in [0.2, 0.25) is 0 Å². The lowest BCUT2D eigenvalue weighted by atomic mass is 10.2. The van der Waals surface area contributed by atoms with Crippen LogP contribution < -0.4 is 15.2 Å². The molecule has 9 heteroatoms. The van der Waals surface area contributed by atoms with Gasteiger partial charge in [-0.2, -0.15) is 0 Å². The van der Waals surface area contributed by atoms with Gasteiger partial charge in [-0.05, 0) is 43.2 Å². The Morgan fingerprint density at radius 1 is 1.09 bits per heavy atom. The van der Waals surface area contributed by atoms with Crippen LogP contribution in [0.25, 0.3) is 5.69 Å². The van der Waals surface area contributed by atoms with Crippen molar-refractivity contribution in [3.8, 4) is 5.69 Å². The summed E-state index contributed by atoms with van der Waals surface area (Å²) in [4.78, 5) is 25.6. The maximum atomic E-state index is 13.4. The first kappa shape index (κ1) is 23.3. The molecular formula is C23H28N4O4S. The molecule has 0 unspecified atom stereocenters. The first-order valence-corrected chi connectivity index (χ1v) is 11.7. The Morgan fingerprint density at radius 2 is 1.75 bits per heavy atom. The molecule has 0 atom stereocenters. The van der Waals surface area contributed by atoms with E-state index in [0.29, 0.717) is 17.9 Å². The second-order valence-electron chi connectivity index (χ2n) is 8.01. The smallest absolute Gasteiger partial charge is 0.296 e. The maximum absolute atomic E-state index is 13.4. The number of nitrogens with one attached hydrogen (secondary N) is 1. The highest BCUT2D eigenvalue weighted by atomic mass is 32.2. The summed E-state index contributed by atoms with van der Waals surface area (Å²) in [5.41, 5.74) is 0.963. The van der Waals surface area contributed by atoms with Crippen LogP contribution >= 0.6 is 0 Å². The van der Waals surface area contributed by atoms with Crippen LogP contribution in [0.1, 0.15) is 29.9 Å². The number of para-hydroxylation sites is 1. The van der Waals surface area contributed by atoms with Crippen molar-refractivity contribution in [3.05, 3.63) is 76.2 Å². The third-order valence-corrected chi connectivity index (χ3v) is 7.02. The number of sulfonamides is 1. The quantitative estimate of drug-likeness (QED) is 0.592. The van der Waals surface area contributed by atoms with Crippen LogP contribution in [0, 0.1) is 12.8 Å². The highest BCUT2D eigenvalue weighted by Gasteiger charge is 2.29. The summed E-state index contributed by atoms with van der Waals surface area (Å²) in [7, 11) is -1.03. The van der Waals surface area contributed by atoms with Crippen molar-refractivity contribution in [2.45, 2.75) is 25.7 Å². The van der Waals surface area contributed by atoms with E-state index < -0.39 is 15.6 Å². The molecular weight excluding hydrogens is 428 g/mol. The molecule has 1 amide bonds. The van der Waals surface area contributed by atoms with Crippen molar-refractivity contribution >= 4 is 21.6 Å². The molecule has 2 aromatic carbocycles. The number of carbonyl (C=O) groups is 1. The second kappa shape index (κ2) is 9.04. The van der Waals surface area contributed by atoms with Gasteiger partial charge in [-0.1, -0.05) is 38.1 Å². The summed E-state index contributed by atoms with van der Waals surface area (Å²) in [5.74, 6) is -0.0782. The fraction of sp³-hybridized carbons (Fsp3) is 0.304. The molecule has 0 aliphatic rings. The van der Waals surface area contributed by atoms with Crippen molar-refractivity contribution in [3.63, 3.8) is 0 Å². The van der Waals surface area contributed by atoms with E-state index in [1.54, 1.807) is 49.0 Å². The lowest BCUT2D eigenvalue weighted by molar-refractivity contribution is 0.0949. The van der Waals surface area contributed by atoms with Crippen molar-refractivity contribution in [2.75, 3.05) is 17.9 Å². The van der Waals surface area contributed by atoms with Gasteiger partial charge in [-0.25, -0.2) is 13.1 Å². The van der Waals surface area contributed by atoms with Crippen LogP contribution in [0.15, 0.2) is 64.3 Å². The maximum Gasteiger partial charge on any atom is 0.296 e. The van der Waals surface area contributed by atoms with Gasteiger partial charge in [0.15, 0.2) is 0 Å². The third kappa shape index (κ3) is 4.34. The molecule has 0 fully saturated rings. The lowest BCUT2D eigenvalue weighted by Crippen LogP contribution is -2.32. The van der Waals surface area contributed by atoms with Gasteiger partial charge in [0.1, 0.15) is 5.69 Å². The van der Waals surface area contributed by atoms with Gasteiger partial charge in [-0.3, -0.25) is 18.6 Å². The third-order valence-electron chi connectivity index (χ3n) is 5.26. The number of nitrogens with zero attached hydrogens (tertiary/aromatic N) is 3. The minimum absolute atomic E-state index is 0.0472. The molecule has 0 spiro atoms. The Hall–Kier alpha value is -3.33. The van der Waals surface area contributed by atoms with Crippen LogP contribution in [-0.2, 0) is 17.1 Å². The average Bonchev–Trinajstić information content (AvgIpc) is 3.00. The standard InChI is InChI=1S/C23H28N4O4S/c1-16(2)15-24-22(28)18-10-9-13-20(14-18)32(30,31)26(5)21-17(3)25(4)27(23(21)29)19-11-7-6-8-12-19/h6-14,16H,15H2,1-5H3,(H,24,28). The molecule has 1 aromatic heterocycles. The number of hydrogen-bond acceptors (Lipinski definition) is 4. The molecule has 1 N–H and O–H groups in total. The number of amides is 1. The summed E-state index contributed by atoms with van der Waals surface area (Å²) >= 11 is 0. The largest absolute Gasteiger partial charge is 0.352 e. The number of anilines is 1. The van der Waals surface area contributed by atoms with E-state index in [2.05, 4.69) is 5.32 Å². The van der Waals surface area contributed by atoms with E-state index in [-0.39, 0.29) is 28.0 Å². The molecule has 0 saturated carbocycles. The topological polar surface area (TPSA) is 93.4 Å². The predicted octanol–water partition coefficient (Wildman–Crippen LogP) is 2.70. The van der Waals surface area contributed by atoms with E-state index in [1.165, 1.54) is 29.9 Å². The molecule has 8 nitrogen and oxygen atoms in total. The van der Waals surface area contributed by atoms with Crippen LogP contribution in [0.5, 0.6) is 0 Å². The molecule has 3 rings (SSSR count). The van der Waals surface area contributed by atoms with E-state index in [4.69, 9.17) is 0 Å². The number of hydrogen-bond donors (Lipinski definition) is 1. The molecule has 3 aromatic rings. The fourth-order valence-electron chi connectivity index (χ4n) is 3.39. The minimum Gasteiger partial charge on any atom is -0.352 e. The Bertz CT molecular complexity index is 1290. The molecule has 32 heavy (non-hydrogen) atoms. The zero-order valence-electron chi connectivity index (χ0n) is 18.9. The zero-order valence-corrected chi connectivity index (χ0v) is 19.7. The lowest BCUT2D eigenvalue weighted by Gasteiger charge is -2.18. The van der Waals surface area contributed by atoms with Crippen LogP contribution in [0.3, 0.4) is 0 Å². The van der Waals surface area contributed by atoms with Crippen molar-refractivity contribution in [1.29, 1.82) is 0 Å². The second-order valence-corrected chi connectivity index (χ2v) is 9.98. The Kier molecular flexibility index (Phi) is 6.59. The Balaban J connectivity index is 2.02. The average molecular weight is 457 g/mol. The molecule has 0 saturated heterocycles. The predicted molar refractivity (Wildman–Crippen MR) is 125 cm³/mol. The molecule has 0 bridgehead atoms. The monoisotopic (exact) mass is 456 g/mol. The molecule has 0 aliphatic carbocycles. The number of aromatic nitrogens is 2. The van der Waals surface area contributed by atoms with Crippen LogP contribution in [0.2, 0.25) is 0 Å². The highest BCUT2D eigenvalue weighted by molar-refractivity contribution is 7.92. The first-order chi connectivity index (χ1) is 15.1. The van der Waals surface area contributed by atoms with E-state index >= 15 is 0 Å². The zero-order chi connectivity index (χ0) is 23.6. The van der Waals surface area contributed by atoms with Crippen LogP contribution in [-0.4, -0.2) is 37.3 Å². The highest BCUT2D eigenvalue weighted by Crippen LogP contribution is 2.24. The summed E-state index contributed by atoms with van der Waals surface area (Å²) in [6.07, 6.45) is 0. The molecule has 0 radical (unpaired) electrons. The molecule has 1 heterocycles. The number of benzene rings is 2. The first-order valence-electron chi connectivity index (χ1n) is 10.3. The van der Waals surface area contributed by atoms with Crippen molar-refractivity contribution < 1.29 is 13.2 Å². The SMILES string of the molecule is Cc1c(N(C)S(=O)(=O)c2cccc(C(=O)NCC(C)C)c2)c(=O)n(-c2ccccc2)n1C. The van der Waals surface area contributed by atoms with Crippen molar-refractivity contribution in [2.24, 2.45) is 13.0 Å². The van der Waals surface area contributed by atoms with Gasteiger partial charge in [0.05, 0.1) is 16.3 Å².